The molecule has 41 heavy (non-hydrogen) atoms. The zero-order valence-corrected chi connectivity index (χ0v) is 24.5. The lowest BCUT2D eigenvalue weighted by Crippen LogP contribution is -2.37. The van der Waals surface area contributed by atoms with Gasteiger partial charge in [-0.05, 0) is 76.1 Å². The van der Waals surface area contributed by atoms with Crippen LogP contribution in [0.4, 0.5) is 14.9 Å². The SMILES string of the molecule is CC(F)c1nc2ccccc2n1-c1cc(N2CCOCC2)nc(CCCC2CCC(CN3CCCCC3)CC2)n1.F. The van der Waals surface area contributed by atoms with Crippen molar-refractivity contribution in [2.45, 2.75) is 77.3 Å². The van der Waals surface area contributed by atoms with Gasteiger partial charge in [-0.2, -0.15) is 0 Å². The number of hydrogen-bond acceptors (Lipinski definition) is 6. The number of ether oxygens (including phenoxy) is 1. The van der Waals surface area contributed by atoms with Crippen LogP contribution in [-0.2, 0) is 11.2 Å². The molecule has 0 N–H and O–H groups in total. The lowest BCUT2D eigenvalue weighted by molar-refractivity contribution is 0.122. The summed E-state index contributed by atoms with van der Waals surface area (Å²) in [4.78, 5) is 19.6. The number of morpholine rings is 1. The first-order valence-corrected chi connectivity index (χ1v) is 15.7. The average molecular weight is 569 g/mol. The standard InChI is InChI=1S/C32H45FN6O.FH/c1-24(33)32-34-27-9-3-4-10-28(27)39(32)31-22-30(38-18-20-40-21-19-38)35-29(36-31)11-7-8-25-12-14-26(15-13-25)23-37-16-5-2-6-17-37;/h3-4,9-10,22,24-26H,2,5-8,11-21,23H2,1H3;1H. The second-order valence-corrected chi connectivity index (χ2v) is 12.2. The number of likely N-dealkylation sites (tertiary alicyclic amines) is 1. The lowest BCUT2D eigenvalue weighted by atomic mass is 9.79. The molecule has 3 fully saturated rings. The van der Waals surface area contributed by atoms with Crippen molar-refractivity contribution in [3.8, 4) is 5.82 Å². The molecule has 3 aromatic rings. The summed E-state index contributed by atoms with van der Waals surface area (Å²) in [5.74, 6) is 4.54. The second-order valence-electron chi connectivity index (χ2n) is 12.2. The molecule has 9 heteroatoms. The van der Waals surface area contributed by atoms with Crippen LogP contribution in [0.5, 0.6) is 0 Å². The van der Waals surface area contributed by atoms with Gasteiger partial charge in [0.2, 0.25) is 0 Å². The minimum absolute atomic E-state index is 0. The number of piperidine rings is 1. The van der Waals surface area contributed by atoms with E-state index < -0.39 is 6.17 Å². The van der Waals surface area contributed by atoms with Gasteiger partial charge in [0.1, 0.15) is 23.3 Å². The Kier molecular flexibility index (Phi) is 10.2. The van der Waals surface area contributed by atoms with Crippen LogP contribution in [0.3, 0.4) is 0 Å². The van der Waals surface area contributed by atoms with E-state index in [0.717, 1.165) is 60.4 Å². The van der Waals surface area contributed by atoms with Crippen molar-refractivity contribution in [3.63, 3.8) is 0 Å². The molecule has 3 aliphatic rings. The molecule has 224 valence electrons. The molecule has 0 spiro atoms. The molecule has 0 bridgehead atoms. The van der Waals surface area contributed by atoms with Crippen LogP contribution in [0.1, 0.15) is 82.5 Å². The van der Waals surface area contributed by atoms with Crippen LogP contribution in [0.15, 0.2) is 30.3 Å². The predicted octanol–water partition coefficient (Wildman–Crippen LogP) is 6.45. The maximum Gasteiger partial charge on any atom is 0.155 e. The van der Waals surface area contributed by atoms with Gasteiger partial charge >= 0.3 is 0 Å². The molecule has 1 atom stereocenters. The van der Waals surface area contributed by atoms with E-state index in [1.54, 1.807) is 6.92 Å². The first-order chi connectivity index (χ1) is 19.6. The van der Waals surface area contributed by atoms with Crippen molar-refractivity contribution in [2.24, 2.45) is 11.8 Å². The Bertz CT molecular complexity index is 1250. The van der Waals surface area contributed by atoms with Gasteiger partial charge < -0.3 is 14.5 Å². The number of anilines is 1. The Morgan fingerprint density at radius 3 is 2.37 bits per heavy atom. The summed E-state index contributed by atoms with van der Waals surface area (Å²) in [5, 5.41) is 0. The number of halogens is 2. The normalized spacial score (nSPS) is 22.9. The van der Waals surface area contributed by atoms with Gasteiger partial charge in [0.05, 0.1) is 24.2 Å². The summed E-state index contributed by atoms with van der Waals surface area (Å²) in [7, 11) is 0. The molecule has 4 heterocycles. The number of aryl methyl sites for hydroxylation is 1. The van der Waals surface area contributed by atoms with Crippen molar-refractivity contribution in [1.29, 1.82) is 0 Å². The number of alkyl halides is 1. The predicted molar refractivity (Wildman–Crippen MR) is 160 cm³/mol. The zero-order chi connectivity index (χ0) is 27.3. The zero-order valence-electron chi connectivity index (χ0n) is 24.5. The number of benzene rings is 1. The van der Waals surface area contributed by atoms with Crippen LogP contribution in [0.25, 0.3) is 16.9 Å². The number of rotatable bonds is 9. The Labute approximate surface area is 242 Å². The third-order valence-corrected chi connectivity index (χ3v) is 9.20. The summed E-state index contributed by atoms with van der Waals surface area (Å²) in [6, 6.07) is 9.84. The van der Waals surface area contributed by atoms with Crippen LogP contribution in [0, 0.1) is 11.8 Å². The van der Waals surface area contributed by atoms with E-state index in [9.17, 15) is 4.39 Å². The molecule has 2 aromatic heterocycles. The Morgan fingerprint density at radius 1 is 0.902 bits per heavy atom. The molecule has 0 radical (unpaired) electrons. The highest BCUT2D eigenvalue weighted by atomic mass is 19.1. The molecular weight excluding hydrogens is 522 g/mol. The first-order valence-electron chi connectivity index (χ1n) is 15.7. The van der Waals surface area contributed by atoms with Crippen molar-refractivity contribution in [1.82, 2.24) is 24.4 Å². The monoisotopic (exact) mass is 568 g/mol. The second kappa shape index (κ2) is 14.0. The lowest BCUT2D eigenvalue weighted by Gasteiger charge is -2.34. The summed E-state index contributed by atoms with van der Waals surface area (Å²) in [5.41, 5.74) is 1.66. The molecule has 7 nitrogen and oxygen atoms in total. The molecule has 0 amide bonds. The number of fused-ring (bicyclic) bond motifs is 1. The van der Waals surface area contributed by atoms with E-state index >= 15 is 0 Å². The van der Waals surface area contributed by atoms with Crippen molar-refractivity contribution in [3.05, 3.63) is 42.0 Å². The molecule has 6 rings (SSSR count). The molecule has 1 unspecified atom stereocenters. The molecule has 1 aromatic carbocycles. The van der Waals surface area contributed by atoms with Crippen molar-refractivity contribution < 1.29 is 13.8 Å². The van der Waals surface area contributed by atoms with E-state index in [0.29, 0.717) is 24.9 Å². The van der Waals surface area contributed by atoms with Gasteiger partial charge in [0.25, 0.3) is 0 Å². The van der Waals surface area contributed by atoms with Gasteiger partial charge in [0.15, 0.2) is 6.17 Å². The minimum atomic E-state index is -1.21. The Hall–Kier alpha value is -2.65. The number of aromatic nitrogens is 4. The quantitative estimate of drug-likeness (QED) is 0.296. The summed E-state index contributed by atoms with van der Waals surface area (Å²) in [6.45, 7) is 8.47. The van der Waals surface area contributed by atoms with Crippen LogP contribution < -0.4 is 4.90 Å². The van der Waals surface area contributed by atoms with Gasteiger partial charge in [-0.1, -0.05) is 37.8 Å². The Morgan fingerprint density at radius 2 is 1.61 bits per heavy atom. The summed E-state index contributed by atoms with van der Waals surface area (Å²) >= 11 is 0. The van der Waals surface area contributed by atoms with Crippen LogP contribution in [-0.4, -0.2) is 70.4 Å². The Balaban J connectivity index is 0.00000337. The molecular formula is C32H46F2N6O. The third kappa shape index (κ3) is 7.23. The number of hydrogen-bond donors (Lipinski definition) is 0. The molecule has 2 aliphatic heterocycles. The highest BCUT2D eigenvalue weighted by Crippen LogP contribution is 2.33. The van der Waals surface area contributed by atoms with E-state index in [2.05, 4.69) is 14.8 Å². The number of nitrogens with zero attached hydrogens (tertiary/aromatic N) is 6. The molecule has 1 saturated carbocycles. The largest absolute Gasteiger partial charge is 0.378 e. The van der Waals surface area contributed by atoms with E-state index in [-0.39, 0.29) is 4.70 Å². The molecule has 1 aliphatic carbocycles. The highest BCUT2D eigenvalue weighted by molar-refractivity contribution is 5.78. The maximum absolute atomic E-state index is 14.8. The fourth-order valence-corrected chi connectivity index (χ4v) is 6.96. The smallest absolute Gasteiger partial charge is 0.155 e. The van der Waals surface area contributed by atoms with Gasteiger partial charge in [0, 0.05) is 32.1 Å². The fourth-order valence-electron chi connectivity index (χ4n) is 6.96. The summed E-state index contributed by atoms with van der Waals surface area (Å²) < 4.78 is 22.3. The third-order valence-electron chi connectivity index (χ3n) is 9.20. The van der Waals surface area contributed by atoms with E-state index in [1.165, 1.54) is 71.0 Å². The fraction of sp³-hybridized carbons (Fsp3) is 0.656. The average Bonchev–Trinajstić information content (AvgIpc) is 3.39. The van der Waals surface area contributed by atoms with E-state index in [1.807, 2.05) is 34.9 Å². The topological polar surface area (TPSA) is 59.3 Å². The first kappa shape index (κ1) is 29.8. The summed E-state index contributed by atoms with van der Waals surface area (Å²) in [6.07, 6.45) is 11.6. The van der Waals surface area contributed by atoms with Gasteiger partial charge in [-0.3, -0.25) is 9.27 Å². The maximum atomic E-state index is 14.8. The van der Waals surface area contributed by atoms with Crippen LogP contribution in [0.2, 0.25) is 0 Å². The van der Waals surface area contributed by atoms with Gasteiger partial charge in [-0.25, -0.2) is 19.3 Å². The van der Waals surface area contributed by atoms with Crippen molar-refractivity contribution in [2.75, 3.05) is 50.8 Å². The number of imidazole rings is 1. The van der Waals surface area contributed by atoms with Gasteiger partial charge in [-0.15, -0.1) is 0 Å². The minimum Gasteiger partial charge on any atom is -0.378 e. The van der Waals surface area contributed by atoms with Crippen molar-refractivity contribution >= 4 is 16.9 Å². The number of para-hydroxylation sites is 2. The highest BCUT2D eigenvalue weighted by Gasteiger charge is 2.25. The van der Waals surface area contributed by atoms with E-state index in [4.69, 9.17) is 14.7 Å². The molecule has 2 saturated heterocycles. The van der Waals surface area contributed by atoms with Crippen LogP contribution >= 0.6 is 0 Å².